The van der Waals surface area contributed by atoms with Crippen molar-refractivity contribution in [2.45, 2.75) is 12.8 Å². The summed E-state index contributed by atoms with van der Waals surface area (Å²) >= 11 is 5.35. The molecule has 1 aliphatic heterocycles. The molecule has 6 heteroatoms. The van der Waals surface area contributed by atoms with Gasteiger partial charge in [-0.05, 0) is 18.8 Å². The third-order valence-corrected chi connectivity index (χ3v) is 4.67. The molecule has 4 nitrogen and oxygen atoms in total. The van der Waals surface area contributed by atoms with Crippen LogP contribution in [0.25, 0.3) is 0 Å². The Balaban J connectivity index is 2.43. The molecule has 1 aliphatic rings. The third kappa shape index (κ3) is 3.38. The Morgan fingerprint density at radius 1 is 1.43 bits per heavy atom. The van der Waals surface area contributed by atoms with Crippen molar-refractivity contribution in [2.24, 2.45) is 5.92 Å². The van der Waals surface area contributed by atoms with Gasteiger partial charge < -0.3 is 4.74 Å². The lowest BCUT2D eigenvalue weighted by atomic mass is 10.0. The zero-order chi connectivity index (χ0) is 10.6. The maximum atomic E-state index is 11.3. The molecule has 1 saturated heterocycles. The number of hydrogen-bond acceptors (Lipinski definition) is 3. The summed E-state index contributed by atoms with van der Waals surface area (Å²) in [4.78, 5) is 0. The number of halogens is 1. The van der Waals surface area contributed by atoms with Crippen LogP contribution in [0.3, 0.4) is 0 Å². The highest BCUT2D eigenvalue weighted by Crippen LogP contribution is 2.17. The molecule has 0 aromatic rings. The van der Waals surface area contributed by atoms with Gasteiger partial charge in [0.1, 0.15) is 5.21 Å². The number of rotatable bonds is 4. The van der Waals surface area contributed by atoms with E-state index in [1.54, 1.807) is 7.05 Å². The average Bonchev–Trinajstić information content (AvgIpc) is 2.19. The molecule has 0 aromatic carbocycles. The highest BCUT2D eigenvalue weighted by Gasteiger charge is 2.22. The van der Waals surface area contributed by atoms with E-state index in [0.29, 0.717) is 12.5 Å². The van der Waals surface area contributed by atoms with Gasteiger partial charge in [-0.2, -0.15) is 0 Å². The van der Waals surface area contributed by atoms with Crippen molar-refractivity contribution in [3.05, 3.63) is 0 Å². The molecule has 0 amide bonds. The normalized spacial score (nSPS) is 20.2. The Hall–Kier alpha value is 0.160. The van der Waals surface area contributed by atoms with Crippen molar-refractivity contribution in [1.82, 2.24) is 4.31 Å². The van der Waals surface area contributed by atoms with E-state index >= 15 is 0 Å². The first-order chi connectivity index (χ1) is 6.56. The molecular weight excluding hydrogens is 226 g/mol. The SMILES string of the molecule is CN(CC1CCOCC1)S(=O)(=O)CCl. The molecule has 0 atom stereocenters. The maximum Gasteiger partial charge on any atom is 0.227 e. The first-order valence-corrected chi connectivity index (χ1v) is 6.78. The summed E-state index contributed by atoms with van der Waals surface area (Å²) in [5.74, 6) is 0.409. The smallest absolute Gasteiger partial charge is 0.227 e. The lowest BCUT2D eigenvalue weighted by molar-refractivity contribution is 0.0620. The van der Waals surface area contributed by atoms with Crippen molar-refractivity contribution in [3.8, 4) is 0 Å². The molecule has 0 N–H and O–H groups in total. The summed E-state index contributed by atoms with van der Waals surface area (Å²) in [5.41, 5.74) is 0. The lowest BCUT2D eigenvalue weighted by Gasteiger charge is -2.26. The molecule has 84 valence electrons. The Morgan fingerprint density at radius 2 is 2.00 bits per heavy atom. The number of ether oxygens (including phenoxy) is 1. The fraction of sp³-hybridized carbons (Fsp3) is 1.00. The molecule has 0 unspecified atom stereocenters. The van der Waals surface area contributed by atoms with Crippen molar-refractivity contribution in [3.63, 3.8) is 0 Å². The van der Waals surface area contributed by atoms with Gasteiger partial charge in [-0.1, -0.05) is 0 Å². The van der Waals surface area contributed by atoms with E-state index in [4.69, 9.17) is 16.3 Å². The Kier molecular flexibility index (Phi) is 4.63. The number of sulfonamides is 1. The molecule has 0 spiro atoms. The van der Waals surface area contributed by atoms with E-state index in [-0.39, 0.29) is 5.21 Å². The van der Waals surface area contributed by atoms with E-state index in [1.165, 1.54) is 4.31 Å². The second-order valence-corrected chi connectivity index (χ2v) is 6.22. The Labute approximate surface area is 90.2 Å². The minimum Gasteiger partial charge on any atom is -0.381 e. The van der Waals surface area contributed by atoms with Gasteiger partial charge in [-0.15, -0.1) is 11.6 Å². The van der Waals surface area contributed by atoms with Crippen molar-refractivity contribution in [1.29, 1.82) is 0 Å². The van der Waals surface area contributed by atoms with Crippen molar-refractivity contribution in [2.75, 3.05) is 32.0 Å². The van der Waals surface area contributed by atoms with Crippen molar-refractivity contribution < 1.29 is 13.2 Å². The molecule has 0 aromatic heterocycles. The standard InChI is InChI=1S/C8H16ClNO3S/c1-10(14(11,12)7-9)6-8-2-4-13-5-3-8/h8H,2-7H2,1H3. The first kappa shape index (κ1) is 12.2. The van der Waals surface area contributed by atoms with Gasteiger partial charge in [0.2, 0.25) is 10.0 Å². The monoisotopic (exact) mass is 241 g/mol. The van der Waals surface area contributed by atoms with Gasteiger partial charge in [0, 0.05) is 26.8 Å². The summed E-state index contributed by atoms with van der Waals surface area (Å²) in [6, 6.07) is 0. The van der Waals surface area contributed by atoms with E-state index < -0.39 is 10.0 Å². The third-order valence-electron chi connectivity index (χ3n) is 2.47. The number of nitrogens with zero attached hydrogens (tertiary/aromatic N) is 1. The summed E-state index contributed by atoms with van der Waals surface area (Å²) < 4.78 is 29.2. The topological polar surface area (TPSA) is 46.6 Å². The zero-order valence-electron chi connectivity index (χ0n) is 8.28. The van der Waals surface area contributed by atoms with Gasteiger partial charge in [0.25, 0.3) is 0 Å². The first-order valence-electron chi connectivity index (χ1n) is 4.64. The highest BCUT2D eigenvalue weighted by atomic mass is 35.5. The minimum absolute atomic E-state index is 0.341. The largest absolute Gasteiger partial charge is 0.381 e. The highest BCUT2D eigenvalue weighted by molar-refractivity contribution is 7.90. The van der Waals surface area contributed by atoms with E-state index in [0.717, 1.165) is 26.1 Å². The fourth-order valence-corrected chi connectivity index (χ4v) is 2.59. The summed E-state index contributed by atoms with van der Waals surface area (Å²) in [6.07, 6.45) is 1.87. The predicted molar refractivity (Wildman–Crippen MR) is 55.8 cm³/mol. The van der Waals surface area contributed by atoms with Crippen LogP contribution in [-0.2, 0) is 14.8 Å². The predicted octanol–water partition coefficient (Wildman–Crippen LogP) is 0.871. The molecule has 1 heterocycles. The lowest BCUT2D eigenvalue weighted by Crippen LogP contribution is -2.34. The van der Waals surface area contributed by atoms with Crippen molar-refractivity contribution >= 4 is 21.6 Å². The maximum absolute atomic E-state index is 11.3. The molecule has 1 rings (SSSR count). The molecule has 1 fully saturated rings. The van der Waals surface area contributed by atoms with Gasteiger partial charge >= 0.3 is 0 Å². The van der Waals surface area contributed by atoms with Gasteiger partial charge in [-0.3, -0.25) is 0 Å². The van der Waals surface area contributed by atoms with E-state index in [2.05, 4.69) is 0 Å². The van der Waals surface area contributed by atoms with Crippen LogP contribution >= 0.6 is 11.6 Å². The fourth-order valence-electron chi connectivity index (χ4n) is 1.49. The van der Waals surface area contributed by atoms with Crippen LogP contribution < -0.4 is 0 Å². The second-order valence-electron chi connectivity index (χ2n) is 3.56. The number of alkyl halides is 1. The molecule has 14 heavy (non-hydrogen) atoms. The summed E-state index contributed by atoms with van der Waals surface area (Å²) in [5, 5.41) is -0.341. The van der Waals surface area contributed by atoms with Gasteiger partial charge in [0.15, 0.2) is 0 Å². The second kappa shape index (κ2) is 5.30. The van der Waals surface area contributed by atoms with Crippen LogP contribution in [0, 0.1) is 5.92 Å². The number of hydrogen-bond donors (Lipinski definition) is 0. The zero-order valence-corrected chi connectivity index (χ0v) is 9.85. The van der Waals surface area contributed by atoms with Crippen LogP contribution in [0.4, 0.5) is 0 Å². The summed E-state index contributed by atoms with van der Waals surface area (Å²) in [7, 11) is -1.66. The molecule has 0 saturated carbocycles. The van der Waals surface area contributed by atoms with E-state index in [1.807, 2.05) is 0 Å². The minimum atomic E-state index is -3.24. The molecule has 0 radical (unpaired) electrons. The van der Waals surface area contributed by atoms with Crippen LogP contribution in [-0.4, -0.2) is 44.7 Å². The molecule has 0 aliphatic carbocycles. The Morgan fingerprint density at radius 3 is 2.50 bits per heavy atom. The van der Waals surface area contributed by atoms with Gasteiger partial charge in [-0.25, -0.2) is 12.7 Å². The van der Waals surface area contributed by atoms with Crippen LogP contribution in [0.1, 0.15) is 12.8 Å². The quantitative estimate of drug-likeness (QED) is 0.687. The summed E-state index contributed by atoms with van der Waals surface area (Å²) in [6.45, 7) is 2.03. The van der Waals surface area contributed by atoms with Crippen LogP contribution in [0.15, 0.2) is 0 Å². The van der Waals surface area contributed by atoms with Crippen LogP contribution in [0.5, 0.6) is 0 Å². The Bertz CT molecular complexity index is 262. The average molecular weight is 242 g/mol. The molecule has 0 bridgehead atoms. The van der Waals surface area contributed by atoms with Gasteiger partial charge in [0.05, 0.1) is 0 Å². The molecular formula is C8H16ClNO3S. The van der Waals surface area contributed by atoms with E-state index in [9.17, 15) is 8.42 Å². The van der Waals surface area contributed by atoms with Crippen LogP contribution in [0.2, 0.25) is 0 Å².